The third kappa shape index (κ3) is 6.08. The highest BCUT2D eigenvalue weighted by Gasteiger charge is 2.41. The number of esters is 1. The molecule has 0 aromatic heterocycles. The Labute approximate surface area is 167 Å². The summed E-state index contributed by atoms with van der Waals surface area (Å²) in [6.45, 7) is 12.8. The van der Waals surface area contributed by atoms with Crippen molar-refractivity contribution in [2.24, 2.45) is 0 Å². The van der Waals surface area contributed by atoms with Gasteiger partial charge in [0.25, 0.3) is 0 Å². The van der Waals surface area contributed by atoms with Gasteiger partial charge in [-0.15, -0.1) is 0 Å². The van der Waals surface area contributed by atoms with E-state index in [1.165, 1.54) is 6.92 Å². The summed E-state index contributed by atoms with van der Waals surface area (Å²) in [5.41, 5.74) is 0.564. The van der Waals surface area contributed by atoms with Gasteiger partial charge in [0.2, 0.25) is 0 Å². The van der Waals surface area contributed by atoms with Crippen molar-refractivity contribution in [2.75, 3.05) is 7.11 Å². The van der Waals surface area contributed by atoms with E-state index in [0.717, 1.165) is 18.2 Å². The molecule has 0 aliphatic rings. The van der Waals surface area contributed by atoms with Crippen molar-refractivity contribution >= 4 is 19.2 Å². The van der Waals surface area contributed by atoms with Crippen molar-refractivity contribution in [3.05, 3.63) is 29.3 Å². The Morgan fingerprint density at radius 2 is 1.46 bits per heavy atom. The maximum atomic E-state index is 13.4. The first-order chi connectivity index (χ1) is 12.9. The highest BCUT2D eigenvalue weighted by molar-refractivity contribution is 7.74. The van der Waals surface area contributed by atoms with E-state index in [1.807, 2.05) is 45.9 Å². The molecule has 1 aromatic rings. The maximum Gasteiger partial charge on any atom is 0.424 e. The Hall–Kier alpha value is -1.85. The van der Waals surface area contributed by atoms with E-state index in [2.05, 4.69) is 5.09 Å². The predicted octanol–water partition coefficient (Wildman–Crippen LogP) is 5.20. The molecule has 0 spiro atoms. The van der Waals surface area contributed by atoms with Gasteiger partial charge in [-0.05, 0) is 43.7 Å². The van der Waals surface area contributed by atoms with Crippen molar-refractivity contribution < 1.29 is 28.2 Å². The second-order valence-electron chi connectivity index (χ2n) is 7.52. The summed E-state index contributed by atoms with van der Waals surface area (Å²) in [7, 11) is -3.11. The van der Waals surface area contributed by atoms with Gasteiger partial charge >= 0.3 is 19.2 Å². The molecular weight excluding hydrogens is 381 g/mol. The van der Waals surface area contributed by atoms with Crippen LogP contribution in [0.4, 0.5) is 4.79 Å². The van der Waals surface area contributed by atoms with Crippen molar-refractivity contribution in [2.45, 2.75) is 72.4 Å². The van der Waals surface area contributed by atoms with Gasteiger partial charge in [-0.3, -0.25) is 4.79 Å². The normalized spacial score (nSPS) is 14.7. The molecule has 1 rings (SSSR count). The molecule has 1 aromatic carbocycles. The highest BCUT2D eigenvalue weighted by atomic mass is 31.2. The molecule has 0 radical (unpaired) electrons. The van der Waals surface area contributed by atoms with Crippen molar-refractivity contribution in [3.8, 4) is 5.75 Å². The topological polar surface area (TPSA) is 90.9 Å². The lowest BCUT2D eigenvalue weighted by molar-refractivity contribution is -0.149. The quantitative estimate of drug-likeness (QED) is 0.439. The van der Waals surface area contributed by atoms with Crippen molar-refractivity contribution in [1.29, 1.82) is 0 Å². The van der Waals surface area contributed by atoms with Crippen LogP contribution in [0.1, 0.15) is 71.4 Å². The number of ether oxygens (including phenoxy) is 2. The molecule has 1 N–H and O–H groups in total. The molecule has 0 saturated carbocycles. The number of carbonyl (C=O) groups is 2. The Kier molecular flexibility index (Phi) is 8.71. The molecule has 8 heteroatoms. The zero-order valence-electron chi connectivity index (χ0n) is 17.9. The molecule has 28 heavy (non-hydrogen) atoms. The van der Waals surface area contributed by atoms with Gasteiger partial charge in [0.15, 0.2) is 0 Å². The van der Waals surface area contributed by atoms with Crippen LogP contribution in [-0.4, -0.2) is 30.9 Å². The second kappa shape index (κ2) is 10.1. The third-order valence-corrected chi connectivity index (χ3v) is 5.85. The van der Waals surface area contributed by atoms with Crippen LogP contribution in [0.5, 0.6) is 5.75 Å². The molecule has 158 valence electrons. The molecule has 0 fully saturated rings. The number of rotatable bonds is 9. The molecule has 0 amide bonds. The first-order valence-electron chi connectivity index (χ1n) is 9.42. The molecule has 0 bridgehead atoms. The third-order valence-electron chi connectivity index (χ3n) is 4.02. The SMILES string of the molecule is COC(=O)P(=O)(NC(C)C(=O)OC(C)C)Oc1c(C(C)C)cccc1C(C)C. The number of nitrogens with one attached hydrogen (secondary N) is 1. The van der Waals surface area contributed by atoms with Gasteiger partial charge in [0, 0.05) is 0 Å². The maximum absolute atomic E-state index is 13.4. The van der Waals surface area contributed by atoms with Crippen LogP contribution in [0, 0.1) is 0 Å². The lowest BCUT2D eigenvalue weighted by Gasteiger charge is -2.26. The summed E-state index contributed by atoms with van der Waals surface area (Å²) < 4.78 is 29.1. The minimum absolute atomic E-state index is 0.0723. The monoisotopic (exact) mass is 413 g/mol. The van der Waals surface area contributed by atoms with Crippen molar-refractivity contribution in [3.63, 3.8) is 0 Å². The van der Waals surface area contributed by atoms with E-state index < -0.39 is 25.2 Å². The van der Waals surface area contributed by atoms with E-state index in [-0.39, 0.29) is 17.9 Å². The summed E-state index contributed by atoms with van der Waals surface area (Å²) in [6.07, 6.45) is -0.343. The average Bonchev–Trinajstić information content (AvgIpc) is 2.59. The Bertz CT molecular complexity index is 718. The van der Waals surface area contributed by atoms with Crippen LogP contribution in [0.3, 0.4) is 0 Å². The second-order valence-corrected chi connectivity index (χ2v) is 9.43. The van der Waals surface area contributed by atoms with Crippen LogP contribution >= 0.6 is 7.52 Å². The minimum atomic E-state index is -4.23. The van der Waals surface area contributed by atoms with E-state index in [1.54, 1.807) is 13.8 Å². The molecule has 2 unspecified atom stereocenters. The fourth-order valence-corrected chi connectivity index (χ4v) is 4.15. The van der Waals surface area contributed by atoms with E-state index in [0.29, 0.717) is 5.75 Å². The smallest absolute Gasteiger partial charge is 0.424 e. The molecular formula is C20H32NO6P. The Morgan fingerprint density at radius 3 is 1.86 bits per heavy atom. The summed E-state index contributed by atoms with van der Waals surface area (Å²) in [5, 5.41) is 2.51. The van der Waals surface area contributed by atoms with Crippen LogP contribution in [-0.2, 0) is 18.8 Å². The Balaban J connectivity index is 3.36. The van der Waals surface area contributed by atoms with Crippen molar-refractivity contribution in [1.82, 2.24) is 5.09 Å². The van der Waals surface area contributed by atoms with Gasteiger partial charge in [0.1, 0.15) is 11.8 Å². The molecule has 0 aliphatic carbocycles. The number of para-hydroxylation sites is 1. The molecule has 7 nitrogen and oxygen atoms in total. The zero-order valence-corrected chi connectivity index (χ0v) is 18.8. The summed E-state index contributed by atoms with van der Waals surface area (Å²) in [5.74, 6) is -0.117. The van der Waals surface area contributed by atoms with E-state index in [4.69, 9.17) is 14.0 Å². The number of carbonyl (C=O) groups excluding carboxylic acids is 2. The van der Waals surface area contributed by atoms with Crippen LogP contribution < -0.4 is 9.61 Å². The molecule has 0 saturated heterocycles. The van der Waals surface area contributed by atoms with Gasteiger partial charge in [-0.25, -0.2) is 14.4 Å². The van der Waals surface area contributed by atoms with E-state index >= 15 is 0 Å². The average molecular weight is 413 g/mol. The molecule has 0 aliphatic heterocycles. The molecule has 0 heterocycles. The summed E-state index contributed by atoms with van der Waals surface area (Å²) in [6, 6.07) is 4.60. The number of hydrogen-bond acceptors (Lipinski definition) is 6. The predicted molar refractivity (Wildman–Crippen MR) is 109 cm³/mol. The first-order valence-corrected chi connectivity index (χ1v) is 11.0. The number of benzene rings is 1. The van der Waals surface area contributed by atoms with Gasteiger partial charge in [0.05, 0.1) is 13.2 Å². The first kappa shape index (κ1) is 24.2. The molecule has 2 atom stereocenters. The standard InChI is InChI=1S/C20H32NO6P/c1-12(2)16-10-9-11-17(13(3)4)18(16)27-28(24,20(23)25-8)21-15(7)19(22)26-14(5)6/h9-15H,1-8H3,(H,21,24). The van der Waals surface area contributed by atoms with Gasteiger partial charge < -0.3 is 14.0 Å². The largest absolute Gasteiger partial charge is 0.462 e. The van der Waals surface area contributed by atoms with Crippen LogP contribution in [0.25, 0.3) is 0 Å². The fourth-order valence-electron chi connectivity index (χ4n) is 2.60. The van der Waals surface area contributed by atoms with Gasteiger partial charge in [-0.2, -0.15) is 0 Å². The summed E-state index contributed by atoms with van der Waals surface area (Å²) >= 11 is 0. The number of methoxy groups -OCH3 is 1. The minimum Gasteiger partial charge on any atom is -0.462 e. The van der Waals surface area contributed by atoms with E-state index in [9.17, 15) is 14.2 Å². The lowest BCUT2D eigenvalue weighted by Crippen LogP contribution is -2.37. The summed E-state index contributed by atoms with van der Waals surface area (Å²) in [4.78, 5) is 24.5. The number of hydrogen-bond donors (Lipinski definition) is 1. The lowest BCUT2D eigenvalue weighted by atomic mass is 9.94. The highest BCUT2D eigenvalue weighted by Crippen LogP contribution is 2.49. The fraction of sp³-hybridized carbons (Fsp3) is 0.600. The Morgan fingerprint density at radius 1 is 0.964 bits per heavy atom. The van der Waals surface area contributed by atoms with Gasteiger partial charge in [-0.1, -0.05) is 45.9 Å². The zero-order chi connectivity index (χ0) is 21.6. The van der Waals surface area contributed by atoms with Crippen LogP contribution in [0.15, 0.2) is 18.2 Å². The van der Waals surface area contributed by atoms with Crippen LogP contribution in [0.2, 0.25) is 0 Å².